The molecule has 0 aliphatic rings. The van der Waals surface area contributed by atoms with Crippen LogP contribution < -0.4 is 0 Å². The summed E-state index contributed by atoms with van der Waals surface area (Å²) in [5.41, 5.74) is 1.37. The van der Waals surface area contributed by atoms with Crippen LogP contribution in [-0.4, -0.2) is 20.3 Å². The van der Waals surface area contributed by atoms with Gasteiger partial charge in [-0.3, -0.25) is 0 Å². The molecule has 18 heavy (non-hydrogen) atoms. The average Bonchev–Trinajstić information content (AvgIpc) is 2.40. The highest BCUT2D eigenvalue weighted by molar-refractivity contribution is 7.78. The molecule has 0 saturated carbocycles. The Morgan fingerprint density at radius 2 is 1.22 bits per heavy atom. The third-order valence-corrected chi connectivity index (χ3v) is 2.23. The molecule has 0 spiro atoms. The van der Waals surface area contributed by atoms with Crippen LogP contribution in [0.5, 0.6) is 0 Å². The van der Waals surface area contributed by atoms with Crippen molar-refractivity contribution in [1.29, 1.82) is 0 Å². The molecule has 0 fully saturated rings. The Morgan fingerprint density at radius 3 is 1.61 bits per heavy atom. The number of hydrogen-bond acceptors (Lipinski definition) is 6. The topological polar surface area (TPSA) is 50.5 Å². The quantitative estimate of drug-likeness (QED) is 0.631. The van der Waals surface area contributed by atoms with Gasteiger partial charge in [0.1, 0.15) is 0 Å². The fourth-order valence-electron chi connectivity index (χ4n) is 1.35. The van der Waals surface area contributed by atoms with Crippen LogP contribution in [0.1, 0.15) is 0 Å². The second-order valence-electron chi connectivity index (χ2n) is 3.17. The zero-order valence-electron chi connectivity index (χ0n) is 9.07. The summed E-state index contributed by atoms with van der Waals surface area (Å²) in [6.07, 6.45) is 0. The molecule has 4 nitrogen and oxygen atoms in total. The third kappa shape index (κ3) is 2.97. The molecule has 0 saturated heterocycles. The fourth-order valence-corrected chi connectivity index (χ4v) is 1.54. The minimum Gasteiger partial charge on any atom is -0.226 e. The van der Waals surface area contributed by atoms with E-state index in [0.717, 1.165) is 0 Å². The number of rotatable bonds is 3. The molecule has 0 aromatic carbocycles. The average molecular weight is 270 g/mol. The number of hydrogen-bond donors (Lipinski definition) is 0. The maximum absolute atomic E-state index is 4.54. The van der Waals surface area contributed by atoms with Gasteiger partial charge in [-0.2, -0.15) is 9.98 Å². The van der Waals surface area contributed by atoms with Crippen molar-refractivity contribution in [2.75, 3.05) is 0 Å². The molecule has 0 bridgehead atoms. The van der Waals surface area contributed by atoms with E-state index in [1.54, 1.807) is 12.1 Å². The first-order valence-electron chi connectivity index (χ1n) is 4.94. The maximum atomic E-state index is 4.54. The molecule has 86 valence electrons. The summed E-state index contributed by atoms with van der Waals surface area (Å²) in [7, 11) is 0. The summed E-state index contributed by atoms with van der Waals surface area (Å²) in [4.78, 5) is 16.2. The highest BCUT2D eigenvalue weighted by Gasteiger charge is 2.02. The van der Waals surface area contributed by atoms with E-state index in [1.807, 2.05) is 24.3 Å². The van der Waals surface area contributed by atoms with Crippen molar-refractivity contribution in [2.24, 2.45) is 9.98 Å². The van der Waals surface area contributed by atoms with Crippen molar-refractivity contribution in [3.05, 3.63) is 36.4 Å². The molecule has 2 aromatic heterocycles. The lowest BCUT2D eigenvalue weighted by Gasteiger charge is -2.00. The second kappa shape index (κ2) is 6.00. The van der Waals surface area contributed by atoms with E-state index >= 15 is 0 Å². The number of isothiocyanates is 2. The molecule has 2 rings (SSSR count). The fraction of sp³-hybridized carbons (Fsp3) is 0. The highest BCUT2D eigenvalue weighted by Crippen LogP contribution is 2.20. The van der Waals surface area contributed by atoms with Gasteiger partial charge in [-0.05, 0) is 48.7 Å². The Bertz CT molecular complexity index is 612. The SMILES string of the molecule is S=C=Nc1cccc(-c2cccc(N=C=S)n2)n1. The van der Waals surface area contributed by atoms with Crippen LogP contribution in [0.2, 0.25) is 0 Å². The molecule has 0 unspecified atom stereocenters. The van der Waals surface area contributed by atoms with Gasteiger partial charge in [-0.1, -0.05) is 12.1 Å². The predicted molar refractivity (Wildman–Crippen MR) is 76.8 cm³/mol. The van der Waals surface area contributed by atoms with E-state index in [4.69, 9.17) is 0 Å². The lowest BCUT2D eigenvalue weighted by atomic mass is 10.2. The molecule has 0 radical (unpaired) electrons. The largest absolute Gasteiger partial charge is 0.226 e. The summed E-state index contributed by atoms with van der Waals surface area (Å²) >= 11 is 9.08. The molecular formula is C12H6N4S2. The van der Waals surface area contributed by atoms with E-state index < -0.39 is 0 Å². The van der Waals surface area contributed by atoms with Crippen molar-refractivity contribution >= 4 is 46.4 Å². The first-order chi connectivity index (χ1) is 8.83. The smallest absolute Gasteiger partial charge is 0.163 e. The lowest BCUT2D eigenvalue weighted by molar-refractivity contribution is 1.22. The first kappa shape index (κ1) is 12.4. The van der Waals surface area contributed by atoms with E-state index in [9.17, 15) is 0 Å². The minimum absolute atomic E-state index is 0.494. The van der Waals surface area contributed by atoms with E-state index in [2.05, 4.69) is 54.7 Å². The summed E-state index contributed by atoms with van der Waals surface area (Å²) in [5, 5.41) is 4.55. The van der Waals surface area contributed by atoms with Crippen LogP contribution in [0.3, 0.4) is 0 Å². The van der Waals surface area contributed by atoms with Crippen LogP contribution >= 0.6 is 24.4 Å². The molecule has 2 aromatic rings. The van der Waals surface area contributed by atoms with E-state index in [-0.39, 0.29) is 0 Å². The molecule has 0 N–H and O–H groups in total. The Balaban J connectivity index is 2.47. The summed E-state index contributed by atoms with van der Waals surface area (Å²) in [6, 6.07) is 10.8. The van der Waals surface area contributed by atoms with Crippen LogP contribution in [0.4, 0.5) is 11.6 Å². The monoisotopic (exact) mass is 270 g/mol. The number of nitrogens with zero attached hydrogens (tertiary/aromatic N) is 4. The van der Waals surface area contributed by atoms with Gasteiger partial charge in [-0.25, -0.2) is 9.97 Å². The highest BCUT2D eigenvalue weighted by atomic mass is 32.1. The molecule has 0 amide bonds. The molecular weight excluding hydrogens is 264 g/mol. The van der Waals surface area contributed by atoms with Gasteiger partial charge < -0.3 is 0 Å². The number of aromatic nitrogens is 2. The van der Waals surface area contributed by atoms with Crippen molar-refractivity contribution < 1.29 is 0 Å². The van der Waals surface area contributed by atoms with Crippen molar-refractivity contribution in [1.82, 2.24) is 9.97 Å². The molecule has 0 atom stereocenters. The van der Waals surface area contributed by atoms with E-state index in [1.165, 1.54) is 0 Å². The van der Waals surface area contributed by atoms with Crippen LogP contribution in [0.15, 0.2) is 46.4 Å². The number of thiocarbonyl (C=S) groups is 2. The third-order valence-electron chi connectivity index (χ3n) is 2.05. The van der Waals surface area contributed by atoms with Crippen molar-refractivity contribution in [3.8, 4) is 11.4 Å². The van der Waals surface area contributed by atoms with Crippen LogP contribution in [-0.2, 0) is 0 Å². The van der Waals surface area contributed by atoms with Gasteiger partial charge in [0.05, 0.1) is 21.7 Å². The lowest BCUT2D eigenvalue weighted by Crippen LogP contribution is -1.86. The maximum Gasteiger partial charge on any atom is 0.163 e. The normalized spacial score (nSPS) is 9.11. The number of aliphatic imine (C=N–C) groups is 2. The summed E-state index contributed by atoms with van der Waals surface area (Å²) in [6.45, 7) is 0. The standard InChI is InChI=1S/C12H6N4S2/c17-7-13-11-5-1-3-9(15-11)10-4-2-6-12(16-10)14-8-18/h1-6H. The van der Waals surface area contributed by atoms with Crippen LogP contribution in [0.25, 0.3) is 11.4 Å². The summed E-state index contributed by atoms with van der Waals surface area (Å²) < 4.78 is 0. The zero-order valence-corrected chi connectivity index (χ0v) is 10.7. The predicted octanol–water partition coefficient (Wildman–Crippen LogP) is 3.61. The molecule has 0 aliphatic heterocycles. The summed E-state index contributed by atoms with van der Waals surface area (Å²) in [5.74, 6) is 0.987. The van der Waals surface area contributed by atoms with Gasteiger partial charge in [0.15, 0.2) is 11.6 Å². The van der Waals surface area contributed by atoms with Gasteiger partial charge >= 0.3 is 0 Å². The molecule has 6 heteroatoms. The minimum atomic E-state index is 0.494. The molecule has 2 heterocycles. The first-order valence-corrected chi connectivity index (χ1v) is 5.75. The second-order valence-corrected chi connectivity index (χ2v) is 3.53. The van der Waals surface area contributed by atoms with Crippen molar-refractivity contribution in [2.45, 2.75) is 0 Å². The van der Waals surface area contributed by atoms with E-state index in [0.29, 0.717) is 23.0 Å². The zero-order chi connectivity index (χ0) is 12.8. The van der Waals surface area contributed by atoms with Crippen molar-refractivity contribution in [3.63, 3.8) is 0 Å². The Kier molecular flexibility index (Phi) is 4.12. The Morgan fingerprint density at radius 1 is 0.778 bits per heavy atom. The van der Waals surface area contributed by atoms with Gasteiger partial charge in [-0.15, -0.1) is 0 Å². The number of pyridine rings is 2. The van der Waals surface area contributed by atoms with Gasteiger partial charge in [0.2, 0.25) is 0 Å². The Hall–Kier alpha value is -2.10. The Labute approximate surface area is 114 Å². The molecule has 0 aliphatic carbocycles. The van der Waals surface area contributed by atoms with Gasteiger partial charge in [0.25, 0.3) is 0 Å². The van der Waals surface area contributed by atoms with Gasteiger partial charge in [0, 0.05) is 0 Å². The van der Waals surface area contributed by atoms with Crippen LogP contribution in [0, 0.1) is 0 Å².